The molecule has 0 bridgehead atoms. The maximum Gasteiger partial charge on any atom is 0.0539 e. The van der Waals surface area contributed by atoms with Gasteiger partial charge >= 0.3 is 0 Å². The van der Waals surface area contributed by atoms with Crippen molar-refractivity contribution in [1.82, 2.24) is 5.32 Å². The fourth-order valence-corrected chi connectivity index (χ4v) is 0.0625. The molecule has 1 heterocycles. The average molecular weight is 129 g/mol. The molecule has 0 unspecified atom stereocenters. The molecule has 0 aromatic heterocycles. The van der Waals surface area contributed by atoms with E-state index in [-0.39, 0.29) is 8.80 Å². The van der Waals surface area contributed by atoms with Crippen molar-refractivity contribution in [2.75, 3.05) is 6.54 Å². The van der Waals surface area contributed by atoms with Crippen molar-refractivity contribution in [3.63, 3.8) is 0 Å². The Morgan fingerprint density at radius 2 is 1.62 bits per heavy atom. The number of rotatable bonds is 0. The zero-order valence-corrected chi connectivity index (χ0v) is 7.15. The minimum absolute atomic E-state index is 0.139. The molecule has 48 valence electrons. The van der Waals surface area contributed by atoms with Gasteiger partial charge in [-0.3, -0.25) is 0 Å². The Bertz CT molecular complexity index is 69.8. The van der Waals surface area contributed by atoms with Crippen molar-refractivity contribution >= 4 is 8.80 Å². The fraction of sp³-hybridized carbons (Fsp3) is 0.667. The molecule has 1 nitrogen and oxygen atoms in total. The SMILES string of the molecule is C=C1CN1.C[SiH](C)C. The molecule has 0 aromatic carbocycles. The molecule has 1 N–H and O–H groups in total. The van der Waals surface area contributed by atoms with E-state index in [0.29, 0.717) is 0 Å². The molecule has 0 aromatic rings. The summed E-state index contributed by atoms with van der Waals surface area (Å²) in [5, 5.41) is 2.90. The largest absolute Gasteiger partial charge is 0.382 e. The van der Waals surface area contributed by atoms with Crippen molar-refractivity contribution < 1.29 is 0 Å². The Morgan fingerprint density at radius 1 is 1.50 bits per heavy atom. The molecule has 0 atom stereocenters. The summed E-state index contributed by atoms with van der Waals surface area (Å²) < 4.78 is 0. The lowest BCUT2D eigenvalue weighted by Crippen LogP contribution is -1.84. The fourth-order valence-electron chi connectivity index (χ4n) is 0.0625. The monoisotopic (exact) mass is 129 g/mol. The van der Waals surface area contributed by atoms with Crippen LogP contribution in [0.5, 0.6) is 0 Å². The van der Waals surface area contributed by atoms with Crippen LogP contribution in [0.25, 0.3) is 0 Å². The van der Waals surface area contributed by atoms with Gasteiger partial charge in [0, 0.05) is 14.5 Å². The third-order valence-electron chi connectivity index (χ3n) is 0.427. The van der Waals surface area contributed by atoms with Crippen LogP contribution in [0, 0.1) is 0 Å². The highest BCUT2D eigenvalue weighted by Gasteiger charge is 2.00. The van der Waals surface area contributed by atoms with E-state index < -0.39 is 0 Å². The first-order valence-electron chi connectivity index (χ1n) is 3.04. The predicted molar refractivity (Wildman–Crippen MR) is 41.9 cm³/mol. The van der Waals surface area contributed by atoms with Gasteiger partial charge in [-0.05, 0) is 0 Å². The molecule has 8 heavy (non-hydrogen) atoms. The molecule has 1 aliphatic rings. The van der Waals surface area contributed by atoms with Gasteiger partial charge < -0.3 is 5.32 Å². The van der Waals surface area contributed by atoms with Gasteiger partial charge in [-0.15, -0.1) is 0 Å². The maximum atomic E-state index is 3.56. The van der Waals surface area contributed by atoms with Crippen molar-refractivity contribution in [1.29, 1.82) is 0 Å². The van der Waals surface area contributed by atoms with Gasteiger partial charge in [0.05, 0.1) is 6.54 Å². The Labute approximate surface area is 53.4 Å². The van der Waals surface area contributed by atoms with Crippen molar-refractivity contribution in [3.8, 4) is 0 Å². The van der Waals surface area contributed by atoms with Crippen molar-refractivity contribution in [3.05, 3.63) is 12.3 Å². The highest BCUT2D eigenvalue weighted by molar-refractivity contribution is 6.54. The summed E-state index contributed by atoms with van der Waals surface area (Å²) >= 11 is 0. The van der Waals surface area contributed by atoms with Crippen LogP contribution < -0.4 is 5.32 Å². The number of hydrogen-bond acceptors (Lipinski definition) is 1. The average Bonchev–Trinajstić information content (AvgIpc) is 2.19. The van der Waals surface area contributed by atoms with E-state index in [0.717, 1.165) is 6.54 Å². The van der Waals surface area contributed by atoms with E-state index in [4.69, 9.17) is 0 Å². The summed E-state index contributed by atoms with van der Waals surface area (Å²) in [7, 11) is -0.139. The zero-order valence-electron chi connectivity index (χ0n) is 5.99. The molecule has 0 aliphatic carbocycles. The molecule has 0 radical (unpaired) electrons. The second-order valence-electron chi connectivity index (χ2n) is 2.69. The first-order chi connectivity index (χ1) is 3.63. The Hall–Kier alpha value is -0.243. The molecular weight excluding hydrogens is 114 g/mol. The minimum Gasteiger partial charge on any atom is -0.382 e. The summed E-state index contributed by atoms with van der Waals surface area (Å²) in [5.74, 6) is 0. The van der Waals surface area contributed by atoms with Gasteiger partial charge in [-0.25, -0.2) is 0 Å². The highest BCUT2D eigenvalue weighted by Crippen LogP contribution is 1.92. The second-order valence-corrected chi connectivity index (χ2v) is 6.15. The van der Waals surface area contributed by atoms with Gasteiger partial charge in [0.25, 0.3) is 0 Å². The summed E-state index contributed by atoms with van der Waals surface area (Å²) in [5.41, 5.74) is 1.17. The first kappa shape index (κ1) is 7.76. The Balaban J connectivity index is 0.000000122. The van der Waals surface area contributed by atoms with Crippen LogP contribution in [0.2, 0.25) is 19.6 Å². The lowest BCUT2D eigenvalue weighted by atomic mass is 10.8. The molecule has 0 amide bonds. The van der Waals surface area contributed by atoms with Gasteiger partial charge in [0.15, 0.2) is 0 Å². The van der Waals surface area contributed by atoms with Crippen LogP contribution in [0.4, 0.5) is 0 Å². The van der Waals surface area contributed by atoms with Gasteiger partial charge in [-0.2, -0.15) is 0 Å². The minimum atomic E-state index is -0.139. The van der Waals surface area contributed by atoms with E-state index in [9.17, 15) is 0 Å². The summed E-state index contributed by atoms with van der Waals surface area (Å²) in [6.07, 6.45) is 0. The lowest BCUT2D eigenvalue weighted by molar-refractivity contribution is 1.38. The van der Waals surface area contributed by atoms with E-state index in [1.165, 1.54) is 5.70 Å². The van der Waals surface area contributed by atoms with E-state index >= 15 is 0 Å². The molecule has 1 fully saturated rings. The third-order valence-corrected chi connectivity index (χ3v) is 0.427. The molecule has 1 aliphatic heterocycles. The second kappa shape index (κ2) is 3.72. The molecule has 0 spiro atoms. The first-order valence-corrected chi connectivity index (χ1v) is 6.51. The number of hydrogen-bond donors (Lipinski definition) is 1. The van der Waals surface area contributed by atoms with Crippen molar-refractivity contribution in [2.24, 2.45) is 0 Å². The normalized spacial score (nSPS) is 14.2. The molecule has 1 rings (SSSR count). The third kappa shape index (κ3) is 17.1. The molecular formula is C6H15NSi. The van der Waals surface area contributed by atoms with Gasteiger partial charge in [0.2, 0.25) is 0 Å². The summed E-state index contributed by atoms with van der Waals surface area (Å²) in [4.78, 5) is 0. The van der Waals surface area contributed by atoms with Crippen LogP contribution >= 0.6 is 0 Å². The molecule has 2 heteroatoms. The molecule has 0 saturated carbocycles. The molecule has 1 saturated heterocycles. The van der Waals surface area contributed by atoms with Crippen molar-refractivity contribution in [2.45, 2.75) is 19.6 Å². The lowest BCUT2D eigenvalue weighted by Gasteiger charge is -1.75. The van der Waals surface area contributed by atoms with Gasteiger partial charge in [0.1, 0.15) is 0 Å². The van der Waals surface area contributed by atoms with Gasteiger partial charge in [-0.1, -0.05) is 26.2 Å². The van der Waals surface area contributed by atoms with Crippen LogP contribution in [0.3, 0.4) is 0 Å². The Morgan fingerprint density at radius 3 is 1.62 bits per heavy atom. The van der Waals surface area contributed by atoms with E-state index in [1.54, 1.807) is 0 Å². The Kier molecular flexibility index (Phi) is 3.61. The van der Waals surface area contributed by atoms with E-state index in [1.807, 2.05) is 0 Å². The highest BCUT2D eigenvalue weighted by atomic mass is 28.3. The number of nitrogens with one attached hydrogen (secondary N) is 1. The van der Waals surface area contributed by atoms with E-state index in [2.05, 4.69) is 31.5 Å². The van der Waals surface area contributed by atoms with Crippen LogP contribution in [-0.2, 0) is 0 Å². The standard InChI is InChI=1S/C3H5N.C3H10Si/c1-3-2-4-3;1-4(2)3/h4H,1-2H2;4H,1-3H3. The van der Waals surface area contributed by atoms with Crippen LogP contribution in [0.15, 0.2) is 12.3 Å². The summed E-state index contributed by atoms with van der Waals surface area (Å²) in [6.45, 7) is 11.5. The maximum absolute atomic E-state index is 3.56. The topological polar surface area (TPSA) is 21.9 Å². The van der Waals surface area contributed by atoms with Crippen LogP contribution in [-0.4, -0.2) is 15.3 Å². The predicted octanol–water partition coefficient (Wildman–Crippen LogP) is 1.21. The smallest absolute Gasteiger partial charge is 0.0539 e. The van der Waals surface area contributed by atoms with Crippen LogP contribution in [0.1, 0.15) is 0 Å². The quantitative estimate of drug-likeness (QED) is 0.385. The summed E-state index contributed by atoms with van der Waals surface area (Å²) in [6, 6.07) is 0. The zero-order chi connectivity index (χ0) is 6.57.